The Hall–Kier alpha value is -3.22. The molecule has 0 atom stereocenters. The molecule has 1 aromatic carbocycles. The van der Waals surface area contributed by atoms with Crippen molar-refractivity contribution in [3.05, 3.63) is 54.5 Å². The van der Waals surface area contributed by atoms with Crippen LogP contribution in [0.4, 0.5) is 0 Å². The van der Waals surface area contributed by atoms with Crippen LogP contribution in [0.1, 0.15) is 19.6 Å². The van der Waals surface area contributed by atoms with Crippen LogP contribution in [0.2, 0.25) is 0 Å². The van der Waals surface area contributed by atoms with Crippen molar-refractivity contribution in [2.45, 2.75) is 13.8 Å². The Morgan fingerprint density at radius 3 is 2.72 bits per heavy atom. The molecule has 128 valence electrons. The Labute approximate surface area is 144 Å². The van der Waals surface area contributed by atoms with E-state index in [0.29, 0.717) is 18.2 Å². The fourth-order valence-corrected chi connectivity index (χ4v) is 2.15. The van der Waals surface area contributed by atoms with Crippen LogP contribution in [0.15, 0.2) is 53.1 Å². The lowest BCUT2D eigenvalue weighted by molar-refractivity contribution is -0.138. The lowest BCUT2D eigenvalue weighted by Gasteiger charge is -2.11. The third kappa shape index (κ3) is 4.00. The predicted molar refractivity (Wildman–Crippen MR) is 91.9 cm³/mol. The Kier molecular flexibility index (Phi) is 5.03. The second kappa shape index (κ2) is 7.57. The summed E-state index contributed by atoms with van der Waals surface area (Å²) in [7, 11) is 0. The molecule has 7 nitrogen and oxygen atoms in total. The summed E-state index contributed by atoms with van der Waals surface area (Å²) in [6, 6.07) is 12.9. The summed E-state index contributed by atoms with van der Waals surface area (Å²) < 4.78 is 12.0. The molecule has 0 radical (unpaired) electrons. The normalized spacial score (nSPS) is 11.7. The average molecular weight is 338 g/mol. The molecule has 0 N–H and O–H groups in total. The molecular weight excluding hydrogens is 320 g/mol. The Morgan fingerprint density at radius 2 is 2.04 bits per heavy atom. The lowest BCUT2D eigenvalue weighted by Crippen LogP contribution is -2.17. The number of benzene rings is 1. The highest BCUT2D eigenvalue weighted by atomic mass is 16.5. The van der Waals surface area contributed by atoms with Crippen molar-refractivity contribution in [2.24, 2.45) is 5.92 Å². The van der Waals surface area contributed by atoms with Gasteiger partial charge in [-0.2, -0.15) is 4.68 Å². The largest absolute Gasteiger partial charge is 0.465 e. The number of hydrogen-bond acceptors (Lipinski definition) is 6. The molecule has 0 saturated heterocycles. The van der Waals surface area contributed by atoms with Gasteiger partial charge in [-0.15, -0.1) is 5.10 Å². The van der Waals surface area contributed by atoms with E-state index in [1.165, 1.54) is 10.9 Å². The van der Waals surface area contributed by atoms with Gasteiger partial charge in [-0.05, 0) is 28.5 Å². The SMILES string of the molecule is CC(C)COC(=O)/C(=C\c1ccco1)n1nnnc1-c1ccccc1. The Bertz CT molecular complexity index is 852. The molecule has 3 aromatic rings. The molecule has 0 aliphatic carbocycles. The number of rotatable bonds is 6. The van der Waals surface area contributed by atoms with Crippen LogP contribution in [0.25, 0.3) is 23.2 Å². The van der Waals surface area contributed by atoms with E-state index in [2.05, 4.69) is 15.5 Å². The van der Waals surface area contributed by atoms with Crippen LogP contribution in [0, 0.1) is 5.92 Å². The lowest BCUT2D eigenvalue weighted by atomic mass is 10.2. The van der Waals surface area contributed by atoms with E-state index in [1.807, 2.05) is 44.2 Å². The number of hydrogen-bond donors (Lipinski definition) is 0. The summed E-state index contributed by atoms with van der Waals surface area (Å²) in [5.41, 5.74) is 0.967. The molecule has 0 amide bonds. The Morgan fingerprint density at radius 1 is 1.24 bits per heavy atom. The van der Waals surface area contributed by atoms with Crippen LogP contribution in [0.5, 0.6) is 0 Å². The van der Waals surface area contributed by atoms with E-state index in [4.69, 9.17) is 9.15 Å². The van der Waals surface area contributed by atoms with Crippen LogP contribution in [0.3, 0.4) is 0 Å². The quantitative estimate of drug-likeness (QED) is 0.507. The maximum absolute atomic E-state index is 12.6. The van der Waals surface area contributed by atoms with Gasteiger partial charge in [-0.1, -0.05) is 44.2 Å². The average Bonchev–Trinajstić information content (AvgIpc) is 3.29. The first-order valence-electron chi connectivity index (χ1n) is 7.91. The standard InChI is InChI=1S/C18H18N4O3/c1-13(2)12-25-18(23)16(11-15-9-6-10-24-15)22-17(19-20-21-22)14-7-4-3-5-8-14/h3-11,13H,12H2,1-2H3/b16-11+. The summed E-state index contributed by atoms with van der Waals surface area (Å²) >= 11 is 0. The second-order valence-corrected chi connectivity index (χ2v) is 5.82. The molecule has 7 heteroatoms. The minimum atomic E-state index is -0.519. The minimum Gasteiger partial charge on any atom is -0.465 e. The highest BCUT2D eigenvalue weighted by Gasteiger charge is 2.21. The molecule has 0 fully saturated rings. The third-order valence-corrected chi connectivity index (χ3v) is 3.31. The number of esters is 1. The van der Waals surface area contributed by atoms with Crippen LogP contribution in [-0.4, -0.2) is 32.8 Å². The molecule has 2 heterocycles. The summed E-state index contributed by atoms with van der Waals surface area (Å²) in [6.45, 7) is 4.24. The van der Waals surface area contributed by atoms with E-state index in [0.717, 1.165) is 5.56 Å². The molecule has 0 bridgehead atoms. The molecule has 2 aromatic heterocycles. The topological polar surface area (TPSA) is 83.0 Å². The first kappa shape index (κ1) is 16.6. The van der Waals surface area contributed by atoms with E-state index in [-0.39, 0.29) is 11.6 Å². The zero-order valence-electron chi connectivity index (χ0n) is 14.0. The van der Waals surface area contributed by atoms with Gasteiger partial charge in [-0.3, -0.25) is 0 Å². The van der Waals surface area contributed by atoms with Crippen molar-refractivity contribution in [1.82, 2.24) is 20.2 Å². The maximum Gasteiger partial charge on any atom is 0.357 e. The van der Waals surface area contributed by atoms with Gasteiger partial charge in [-0.25, -0.2) is 4.79 Å². The predicted octanol–water partition coefficient (Wildman–Crippen LogP) is 3.13. The zero-order chi connectivity index (χ0) is 17.6. The monoisotopic (exact) mass is 338 g/mol. The van der Waals surface area contributed by atoms with Gasteiger partial charge in [0, 0.05) is 11.6 Å². The van der Waals surface area contributed by atoms with E-state index >= 15 is 0 Å². The summed E-state index contributed by atoms with van der Waals surface area (Å²) in [4.78, 5) is 12.6. The van der Waals surface area contributed by atoms with Crippen LogP contribution >= 0.6 is 0 Å². The fraction of sp³-hybridized carbons (Fsp3) is 0.222. The van der Waals surface area contributed by atoms with E-state index in [1.54, 1.807) is 18.2 Å². The first-order valence-corrected chi connectivity index (χ1v) is 7.91. The van der Waals surface area contributed by atoms with Crippen molar-refractivity contribution < 1.29 is 13.9 Å². The van der Waals surface area contributed by atoms with Crippen LogP contribution < -0.4 is 0 Å². The molecular formula is C18H18N4O3. The zero-order valence-corrected chi connectivity index (χ0v) is 14.0. The van der Waals surface area contributed by atoms with Gasteiger partial charge in [0.05, 0.1) is 12.9 Å². The smallest absolute Gasteiger partial charge is 0.357 e. The van der Waals surface area contributed by atoms with Gasteiger partial charge in [0.2, 0.25) is 0 Å². The number of nitrogens with zero attached hydrogens (tertiary/aromatic N) is 4. The number of furan rings is 1. The molecule has 0 aliphatic heterocycles. The summed E-state index contributed by atoms with van der Waals surface area (Å²) in [5.74, 6) is 0.650. The maximum atomic E-state index is 12.6. The third-order valence-electron chi connectivity index (χ3n) is 3.31. The van der Waals surface area contributed by atoms with Gasteiger partial charge in [0.25, 0.3) is 0 Å². The van der Waals surface area contributed by atoms with Crippen molar-refractivity contribution in [3.63, 3.8) is 0 Å². The summed E-state index contributed by atoms with van der Waals surface area (Å²) in [5, 5.41) is 11.7. The highest BCUT2D eigenvalue weighted by molar-refractivity contribution is 6.15. The van der Waals surface area contributed by atoms with Crippen molar-refractivity contribution in [3.8, 4) is 11.4 Å². The second-order valence-electron chi connectivity index (χ2n) is 5.82. The molecule has 0 saturated carbocycles. The Balaban J connectivity index is 2.01. The number of ether oxygens (including phenoxy) is 1. The molecule has 3 rings (SSSR count). The first-order chi connectivity index (χ1) is 12.1. The van der Waals surface area contributed by atoms with Crippen LogP contribution in [-0.2, 0) is 9.53 Å². The van der Waals surface area contributed by atoms with Gasteiger partial charge < -0.3 is 9.15 Å². The van der Waals surface area contributed by atoms with E-state index < -0.39 is 5.97 Å². The number of tetrazole rings is 1. The molecule has 25 heavy (non-hydrogen) atoms. The van der Waals surface area contributed by atoms with Crippen molar-refractivity contribution in [1.29, 1.82) is 0 Å². The van der Waals surface area contributed by atoms with Gasteiger partial charge in [0.1, 0.15) is 5.76 Å². The van der Waals surface area contributed by atoms with E-state index in [9.17, 15) is 4.79 Å². The van der Waals surface area contributed by atoms with Gasteiger partial charge in [0.15, 0.2) is 11.5 Å². The summed E-state index contributed by atoms with van der Waals surface area (Å²) in [6.07, 6.45) is 3.09. The molecule has 0 unspecified atom stereocenters. The van der Waals surface area contributed by atoms with Crippen molar-refractivity contribution in [2.75, 3.05) is 6.61 Å². The number of carbonyl (C=O) groups excluding carboxylic acids is 1. The number of aromatic nitrogens is 4. The van der Waals surface area contributed by atoms with Crippen molar-refractivity contribution >= 4 is 17.7 Å². The molecule has 0 spiro atoms. The number of carbonyl (C=O) groups is 1. The fourth-order valence-electron chi connectivity index (χ4n) is 2.15. The highest BCUT2D eigenvalue weighted by Crippen LogP contribution is 2.21. The van der Waals surface area contributed by atoms with Gasteiger partial charge >= 0.3 is 5.97 Å². The molecule has 0 aliphatic rings. The minimum absolute atomic E-state index is 0.180.